The van der Waals surface area contributed by atoms with E-state index >= 15 is 0 Å². The van der Waals surface area contributed by atoms with E-state index in [0.717, 1.165) is 113 Å². The first-order valence-corrected chi connectivity index (χ1v) is 32.1. The normalized spacial score (nSPS) is 10.9. The van der Waals surface area contributed by atoms with Gasteiger partial charge in [-0.2, -0.15) is 38.5 Å². The molecular weight excluding hydrogens is 1250 g/mol. The van der Waals surface area contributed by atoms with E-state index in [4.69, 9.17) is 0 Å². The van der Waals surface area contributed by atoms with Gasteiger partial charge in [-0.15, -0.1) is 0 Å². The van der Waals surface area contributed by atoms with Crippen LogP contribution in [0.5, 0.6) is 0 Å². The average molecular weight is 1320 g/mol. The zero-order valence-electron chi connectivity index (χ0n) is 54.4. The van der Waals surface area contributed by atoms with E-state index in [1.54, 1.807) is 78.5 Å². The largest absolute Gasteiger partial charge is 0.378 e. The third-order valence-electron chi connectivity index (χ3n) is 16.2. The Kier molecular flexibility index (Phi) is 19.3. The van der Waals surface area contributed by atoms with E-state index in [-0.39, 0.29) is 5.82 Å². The van der Waals surface area contributed by atoms with Gasteiger partial charge < -0.3 is 26.2 Å². The topological polar surface area (TPSA) is 237 Å². The van der Waals surface area contributed by atoms with Crippen molar-refractivity contribution in [3.05, 3.63) is 315 Å². The first kappa shape index (κ1) is 63.7. The fraction of sp³-hybridized carbons (Fsp3) is 0.0779. The Balaban J connectivity index is 0.000000114. The number of hydrogen-bond donors (Lipinski definition) is 4. The molecule has 0 spiro atoms. The summed E-state index contributed by atoms with van der Waals surface area (Å²) in [6.07, 6.45) is 23.2. The van der Waals surface area contributed by atoms with Gasteiger partial charge in [0.05, 0.1) is 79.3 Å². The Labute approximate surface area is 573 Å². The molecule has 0 saturated carbocycles. The molecule has 13 aromatic heterocycles. The molecule has 0 aliphatic heterocycles. The lowest BCUT2D eigenvalue weighted by atomic mass is 10.0. The second-order valence-corrected chi connectivity index (χ2v) is 22.9. The summed E-state index contributed by atoms with van der Waals surface area (Å²) in [5.41, 5.74) is 16.4. The first-order valence-electron chi connectivity index (χ1n) is 32.1. The summed E-state index contributed by atoms with van der Waals surface area (Å²) >= 11 is 0. The van der Waals surface area contributed by atoms with Crippen LogP contribution in [-0.4, -0.2) is 97.4 Å². The van der Waals surface area contributed by atoms with Crippen LogP contribution in [0.4, 0.5) is 33.3 Å². The maximum atomic E-state index is 14.1. The molecule has 4 aromatic carbocycles. The summed E-state index contributed by atoms with van der Waals surface area (Å²) in [6, 6.07) is 66.3. The maximum absolute atomic E-state index is 14.1. The third kappa shape index (κ3) is 14.6. The monoisotopic (exact) mass is 1320 g/mol. The van der Waals surface area contributed by atoms with Crippen LogP contribution in [0.15, 0.2) is 287 Å². The maximum Gasteiger partial charge on any atom is 0.165 e. The third-order valence-corrected chi connectivity index (χ3v) is 16.2. The van der Waals surface area contributed by atoms with Crippen molar-refractivity contribution in [1.29, 1.82) is 0 Å². The van der Waals surface area contributed by atoms with Gasteiger partial charge in [0.15, 0.2) is 22.6 Å². The lowest BCUT2D eigenvalue weighted by molar-refractivity contribution is 0.631. The Morgan fingerprint density at radius 2 is 0.680 bits per heavy atom. The molecule has 0 aliphatic rings. The lowest BCUT2D eigenvalue weighted by Crippen LogP contribution is -2.08. The SMILES string of the molecule is CN(C)c1cccc(-c2cnn3c(NCc4ccccn4)ccnc23)c1.Fc1ccccc1-c1cnn2c(NCc3ccccn3)ccnc12.c1ccc(-c2cnn3c(NCc4ccccn4)ccnc23)cc1.c1ccc(CNc2ccnc3c(-c4cccc5cccnc45)cnn23)nc1. The van der Waals surface area contributed by atoms with E-state index < -0.39 is 0 Å². The van der Waals surface area contributed by atoms with Crippen molar-refractivity contribution in [2.45, 2.75) is 26.2 Å². The second-order valence-electron chi connectivity index (χ2n) is 22.9. The van der Waals surface area contributed by atoms with Crippen LogP contribution in [-0.2, 0) is 26.2 Å². The minimum absolute atomic E-state index is 0.291. The number of hydrogen-bond acceptors (Lipinski definition) is 18. The van der Waals surface area contributed by atoms with Crippen LogP contribution in [0.2, 0.25) is 0 Å². The fourth-order valence-electron chi connectivity index (χ4n) is 11.2. The summed E-state index contributed by atoms with van der Waals surface area (Å²) in [4.78, 5) is 41.9. The minimum atomic E-state index is -0.291. The fourth-order valence-corrected chi connectivity index (χ4v) is 11.2. The molecule has 0 fully saturated rings. The Morgan fingerprint density at radius 3 is 1.13 bits per heavy atom. The number of nitrogens with one attached hydrogen (secondary N) is 4. The van der Waals surface area contributed by atoms with Crippen molar-refractivity contribution in [1.82, 2.24) is 83.3 Å². The molecular formula is C77H65FN22. The molecule has 490 valence electrons. The number of rotatable bonds is 17. The number of aromatic nitrogens is 17. The minimum Gasteiger partial charge on any atom is -0.378 e. The van der Waals surface area contributed by atoms with Gasteiger partial charge in [-0.3, -0.25) is 24.9 Å². The molecule has 0 aliphatic carbocycles. The molecule has 0 unspecified atom stereocenters. The summed E-state index contributed by atoms with van der Waals surface area (Å²) in [5, 5.41) is 32.5. The Morgan fingerprint density at radius 1 is 0.310 bits per heavy atom. The molecule has 17 aromatic rings. The van der Waals surface area contributed by atoms with Crippen molar-refractivity contribution in [3.63, 3.8) is 0 Å². The second kappa shape index (κ2) is 30.4. The van der Waals surface area contributed by atoms with Crippen molar-refractivity contribution >= 4 is 62.5 Å². The Hall–Kier alpha value is -13.7. The van der Waals surface area contributed by atoms with E-state index in [0.29, 0.717) is 43.0 Å². The molecule has 13 heterocycles. The van der Waals surface area contributed by atoms with E-state index in [9.17, 15) is 4.39 Å². The predicted molar refractivity (Wildman–Crippen MR) is 390 cm³/mol. The molecule has 0 radical (unpaired) electrons. The summed E-state index contributed by atoms with van der Waals surface area (Å²) in [5.74, 6) is 3.12. The number of benzene rings is 4. The number of nitrogens with zero attached hydrogens (tertiary/aromatic N) is 18. The van der Waals surface area contributed by atoms with Gasteiger partial charge in [0, 0.05) is 114 Å². The number of fused-ring (bicyclic) bond motifs is 5. The highest BCUT2D eigenvalue weighted by molar-refractivity contribution is 5.97. The van der Waals surface area contributed by atoms with Gasteiger partial charge >= 0.3 is 0 Å². The van der Waals surface area contributed by atoms with Crippen LogP contribution in [0.3, 0.4) is 0 Å². The molecule has 0 atom stereocenters. The Bertz CT molecular complexity index is 5510. The summed E-state index contributed by atoms with van der Waals surface area (Å²) < 4.78 is 21.2. The average Bonchev–Trinajstić information content (AvgIpc) is 1.60. The number of anilines is 5. The van der Waals surface area contributed by atoms with Gasteiger partial charge in [-0.1, -0.05) is 109 Å². The zero-order valence-corrected chi connectivity index (χ0v) is 54.4. The molecule has 0 saturated heterocycles. The van der Waals surface area contributed by atoms with Crippen LogP contribution < -0.4 is 26.2 Å². The molecule has 4 N–H and O–H groups in total. The molecule has 17 rings (SSSR count). The molecule has 0 amide bonds. The van der Waals surface area contributed by atoms with Gasteiger partial charge in [0.1, 0.15) is 29.1 Å². The van der Waals surface area contributed by atoms with Crippen molar-refractivity contribution < 1.29 is 4.39 Å². The van der Waals surface area contributed by atoms with Gasteiger partial charge in [0.2, 0.25) is 0 Å². The zero-order chi connectivity index (χ0) is 67.8. The lowest BCUT2D eigenvalue weighted by Gasteiger charge is -2.13. The van der Waals surface area contributed by atoms with Crippen LogP contribution in [0.1, 0.15) is 22.8 Å². The van der Waals surface area contributed by atoms with Crippen LogP contribution in [0.25, 0.3) is 78.0 Å². The van der Waals surface area contributed by atoms with Crippen LogP contribution >= 0.6 is 0 Å². The summed E-state index contributed by atoms with van der Waals surface area (Å²) in [7, 11) is 4.07. The smallest absolute Gasteiger partial charge is 0.165 e. The van der Waals surface area contributed by atoms with Crippen molar-refractivity contribution in [2.75, 3.05) is 40.3 Å². The number of pyridine rings is 5. The predicted octanol–water partition coefficient (Wildman–Crippen LogP) is 14.4. The molecule has 23 heteroatoms. The molecule has 22 nitrogen and oxygen atoms in total. The molecule has 100 heavy (non-hydrogen) atoms. The molecule has 0 bridgehead atoms. The van der Waals surface area contributed by atoms with E-state index in [1.807, 2.05) is 180 Å². The number of para-hydroxylation sites is 1. The first-order chi connectivity index (χ1) is 49.4. The standard InChI is InChI=1S/C21H16N6.C20H20N6.C18H14FN5.C18H15N5/c1-2-10-22-16(7-1)13-25-19-9-12-24-21-18(14-26-27(19)21)17-8-3-5-15-6-4-11-23-20(15)17;1-25(2)17-8-5-6-15(12-17)18-14-24-26-19(9-11-22-20(18)26)23-13-16-7-3-4-10-21-16;19-16-7-2-1-6-14(16)15-12-23-24-17(8-10-21-18(15)24)22-11-13-5-3-4-9-20-13;1-2-6-14(7-3-1)16-13-22-23-17(9-11-20-18(16)23)21-12-15-8-4-5-10-19-15/h1-12,14,25H,13H2;3-12,14,23H,13H2,1-2H3;1-10,12,22H,11H2;1-11,13,21H,12H2. The van der Waals surface area contributed by atoms with Gasteiger partial charge in [-0.05, 0) is 108 Å². The van der Waals surface area contributed by atoms with Crippen molar-refractivity contribution in [3.8, 4) is 44.5 Å². The van der Waals surface area contributed by atoms with Crippen LogP contribution in [0, 0.1) is 5.82 Å². The summed E-state index contributed by atoms with van der Waals surface area (Å²) in [6.45, 7) is 2.45. The van der Waals surface area contributed by atoms with Gasteiger partial charge in [-0.25, -0.2) is 24.3 Å². The highest BCUT2D eigenvalue weighted by Gasteiger charge is 2.17. The van der Waals surface area contributed by atoms with Gasteiger partial charge in [0.25, 0.3) is 0 Å². The number of halogens is 1. The highest BCUT2D eigenvalue weighted by atomic mass is 19.1. The van der Waals surface area contributed by atoms with E-state index in [1.165, 1.54) is 6.07 Å². The van der Waals surface area contributed by atoms with E-state index in [2.05, 4.69) is 146 Å². The van der Waals surface area contributed by atoms with Crippen molar-refractivity contribution in [2.24, 2.45) is 0 Å². The highest BCUT2D eigenvalue weighted by Crippen LogP contribution is 2.33. The quantitative estimate of drug-likeness (QED) is 0.0663.